The van der Waals surface area contributed by atoms with Crippen molar-refractivity contribution in [2.75, 3.05) is 7.05 Å². The molecule has 2 aromatic heterocycles. The van der Waals surface area contributed by atoms with Crippen molar-refractivity contribution in [3.8, 4) is 11.6 Å². The van der Waals surface area contributed by atoms with Crippen molar-refractivity contribution < 1.29 is 8.94 Å². The molecule has 0 atom stereocenters. The van der Waals surface area contributed by atoms with Crippen LogP contribution in [0.4, 0.5) is 0 Å². The largest absolute Gasteiger partial charge is 0.461 e. The minimum Gasteiger partial charge on any atom is -0.461 e. The lowest BCUT2D eigenvalue weighted by atomic mass is 10.1. The number of nitrogens with zero attached hydrogens (tertiary/aromatic N) is 3. The Hall–Kier alpha value is -2.40. The molecule has 3 rings (SSSR count). The van der Waals surface area contributed by atoms with Crippen LogP contribution in [0.25, 0.3) is 11.6 Å². The Morgan fingerprint density at radius 1 is 1.10 bits per heavy atom. The lowest BCUT2D eigenvalue weighted by Gasteiger charge is -2.14. The van der Waals surface area contributed by atoms with Crippen molar-refractivity contribution in [1.82, 2.24) is 15.0 Å². The average Bonchev–Trinajstić information content (AvgIpc) is 3.12. The number of hydrogen-bond donors (Lipinski definition) is 0. The molecule has 0 N–H and O–H groups in total. The summed E-state index contributed by atoms with van der Waals surface area (Å²) in [5, 5.41) is 3.92. The Balaban J connectivity index is 1.62. The third kappa shape index (κ3) is 3.38. The molecular weight excluding hydrogens is 266 g/mol. The van der Waals surface area contributed by atoms with Gasteiger partial charge in [-0.2, -0.15) is 4.98 Å². The highest BCUT2D eigenvalue weighted by Gasteiger charge is 2.12. The van der Waals surface area contributed by atoms with Crippen LogP contribution in [0.3, 0.4) is 0 Å². The lowest BCUT2D eigenvalue weighted by Crippen LogP contribution is -2.17. The van der Waals surface area contributed by atoms with Crippen LogP contribution in [-0.4, -0.2) is 22.1 Å². The van der Waals surface area contributed by atoms with Gasteiger partial charge in [0.05, 0.1) is 12.8 Å². The molecule has 1 aromatic carbocycles. The van der Waals surface area contributed by atoms with Crippen molar-refractivity contribution in [1.29, 1.82) is 0 Å². The molecule has 0 radical (unpaired) electrons. The van der Waals surface area contributed by atoms with E-state index in [1.165, 1.54) is 11.1 Å². The maximum absolute atomic E-state index is 5.25. The van der Waals surface area contributed by atoms with Crippen molar-refractivity contribution >= 4 is 0 Å². The number of hydrogen-bond acceptors (Lipinski definition) is 5. The maximum Gasteiger partial charge on any atom is 0.241 e. The number of rotatable bonds is 5. The average molecular weight is 283 g/mol. The molecule has 108 valence electrons. The molecule has 0 fully saturated rings. The molecule has 0 aliphatic rings. The standard InChI is InChI=1S/C16H17N3O2/c1-12-5-7-13(8-6-12)10-19(2)11-15-17-16(18-21-15)14-4-3-9-20-14/h3-9H,10-11H2,1-2H3. The molecule has 0 aliphatic carbocycles. The lowest BCUT2D eigenvalue weighted by molar-refractivity contribution is 0.261. The summed E-state index contributed by atoms with van der Waals surface area (Å²) in [7, 11) is 2.02. The van der Waals surface area contributed by atoms with Crippen molar-refractivity contribution in [3.63, 3.8) is 0 Å². The van der Waals surface area contributed by atoms with Gasteiger partial charge in [-0.1, -0.05) is 35.0 Å². The van der Waals surface area contributed by atoms with Crippen LogP contribution in [0.5, 0.6) is 0 Å². The van der Waals surface area contributed by atoms with Crippen molar-refractivity contribution in [3.05, 3.63) is 59.7 Å². The zero-order chi connectivity index (χ0) is 14.7. The number of aromatic nitrogens is 2. The fourth-order valence-electron chi connectivity index (χ4n) is 2.12. The molecule has 0 aliphatic heterocycles. The Bertz CT molecular complexity index is 687. The molecule has 0 saturated heterocycles. The smallest absolute Gasteiger partial charge is 0.241 e. The molecule has 5 heteroatoms. The SMILES string of the molecule is Cc1ccc(CN(C)Cc2nc(-c3ccco3)no2)cc1. The highest BCUT2D eigenvalue weighted by Crippen LogP contribution is 2.16. The van der Waals surface area contributed by atoms with E-state index in [1.807, 2.05) is 13.1 Å². The molecule has 5 nitrogen and oxygen atoms in total. The van der Waals surface area contributed by atoms with Gasteiger partial charge in [-0.3, -0.25) is 4.90 Å². The topological polar surface area (TPSA) is 55.3 Å². The van der Waals surface area contributed by atoms with Crippen molar-refractivity contribution in [2.24, 2.45) is 0 Å². The summed E-state index contributed by atoms with van der Waals surface area (Å²) < 4.78 is 10.5. The van der Waals surface area contributed by atoms with Crippen LogP contribution in [0.15, 0.2) is 51.6 Å². The summed E-state index contributed by atoms with van der Waals surface area (Å²) in [4.78, 5) is 6.46. The monoisotopic (exact) mass is 283 g/mol. The minimum absolute atomic E-state index is 0.485. The minimum atomic E-state index is 0.485. The van der Waals surface area contributed by atoms with E-state index in [-0.39, 0.29) is 0 Å². The van der Waals surface area contributed by atoms with Gasteiger partial charge in [0.1, 0.15) is 0 Å². The summed E-state index contributed by atoms with van der Waals surface area (Å²) in [6.07, 6.45) is 1.59. The van der Waals surface area contributed by atoms with Crippen LogP contribution < -0.4 is 0 Å². The van der Waals surface area contributed by atoms with E-state index in [0.29, 0.717) is 24.0 Å². The van der Waals surface area contributed by atoms with E-state index < -0.39 is 0 Å². The Morgan fingerprint density at radius 2 is 1.90 bits per heavy atom. The third-order valence-corrected chi connectivity index (χ3v) is 3.19. The van der Waals surface area contributed by atoms with Gasteiger partial charge >= 0.3 is 0 Å². The number of benzene rings is 1. The first-order valence-electron chi connectivity index (χ1n) is 6.81. The van der Waals surface area contributed by atoms with Crippen LogP contribution >= 0.6 is 0 Å². The first-order valence-corrected chi connectivity index (χ1v) is 6.81. The molecule has 0 bridgehead atoms. The van der Waals surface area contributed by atoms with Gasteiger partial charge in [-0.25, -0.2) is 0 Å². The van der Waals surface area contributed by atoms with Gasteiger partial charge in [-0.15, -0.1) is 0 Å². The van der Waals surface area contributed by atoms with Gasteiger partial charge in [-0.05, 0) is 31.7 Å². The highest BCUT2D eigenvalue weighted by atomic mass is 16.5. The Labute approximate surface area is 123 Å². The van der Waals surface area contributed by atoms with E-state index >= 15 is 0 Å². The van der Waals surface area contributed by atoms with E-state index in [4.69, 9.17) is 8.94 Å². The first-order chi connectivity index (χ1) is 10.2. The zero-order valence-corrected chi connectivity index (χ0v) is 12.1. The molecule has 0 unspecified atom stereocenters. The maximum atomic E-state index is 5.25. The molecule has 0 spiro atoms. The second kappa shape index (κ2) is 5.93. The Morgan fingerprint density at radius 3 is 2.62 bits per heavy atom. The van der Waals surface area contributed by atoms with Gasteiger partial charge in [0.2, 0.25) is 11.7 Å². The van der Waals surface area contributed by atoms with Gasteiger partial charge < -0.3 is 8.94 Å². The molecule has 0 saturated carbocycles. The normalized spacial score (nSPS) is 11.2. The number of furan rings is 1. The first kappa shape index (κ1) is 13.6. The number of aryl methyl sites for hydroxylation is 1. The van der Waals surface area contributed by atoms with E-state index in [1.54, 1.807) is 12.3 Å². The summed E-state index contributed by atoms with van der Waals surface area (Å²) in [6, 6.07) is 12.1. The molecular formula is C16H17N3O2. The Kier molecular flexibility index (Phi) is 3.83. The van der Waals surface area contributed by atoms with Crippen LogP contribution in [0.2, 0.25) is 0 Å². The summed E-state index contributed by atoms with van der Waals surface area (Å²) in [6.45, 7) is 3.52. The third-order valence-electron chi connectivity index (χ3n) is 3.19. The zero-order valence-electron chi connectivity index (χ0n) is 12.1. The fourth-order valence-corrected chi connectivity index (χ4v) is 2.12. The van der Waals surface area contributed by atoms with Crippen molar-refractivity contribution in [2.45, 2.75) is 20.0 Å². The quantitative estimate of drug-likeness (QED) is 0.719. The summed E-state index contributed by atoms with van der Waals surface area (Å²) in [5.41, 5.74) is 2.52. The van der Waals surface area contributed by atoms with Gasteiger partial charge in [0, 0.05) is 6.54 Å². The van der Waals surface area contributed by atoms with E-state index in [0.717, 1.165) is 6.54 Å². The van der Waals surface area contributed by atoms with Crippen LogP contribution in [0.1, 0.15) is 17.0 Å². The molecule has 21 heavy (non-hydrogen) atoms. The summed E-state index contributed by atoms with van der Waals surface area (Å²) >= 11 is 0. The summed E-state index contributed by atoms with van der Waals surface area (Å²) in [5.74, 6) is 1.68. The predicted molar refractivity (Wildman–Crippen MR) is 78.4 cm³/mol. The van der Waals surface area contributed by atoms with E-state index in [9.17, 15) is 0 Å². The van der Waals surface area contributed by atoms with Crippen LogP contribution in [-0.2, 0) is 13.1 Å². The molecule has 2 heterocycles. The van der Waals surface area contributed by atoms with Gasteiger partial charge in [0.15, 0.2) is 5.76 Å². The highest BCUT2D eigenvalue weighted by molar-refractivity contribution is 5.44. The molecule has 0 amide bonds. The van der Waals surface area contributed by atoms with Gasteiger partial charge in [0.25, 0.3) is 0 Å². The molecule has 3 aromatic rings. The van der Waals surface area contributed by atoms with E-state index in [2.05, 4.69) is 46.2 Å². The fraction of sp³-hybridized carbons (Fsp3) is 0.250. The second-order valence-corrected chi connectivity index (χ2v) is 5.15. The predicted octanol–water partition coefficient (Wildman–Crippen LogP) is 3.27. The van der Waals surface area contributed by atoms with Crippen LogP contribution in [0, 0.1) is 6.92 Å². The second-order valence-electron chi connectivity index (χ2n) is 5.15.